The highest BCUT2D eigenvalue weighted by atomic mass is 16.4. The van der Waals surface area contributed by atoms with Crippen LogP contribution in [0.25, 0.3) is 0 Å². The van der Waals surface area contributed by atoms with Crippen LogP contribution in [0.4, 0.5) is 0 Å². The van der Waals surface area contributed by atoms with E-state index in [9.17, 15) is 14.7 Å². The summed E-state index contributed by atoms with van der Waals surface area (Å²) in [5.41, 5.74) is 0.945. The van der Waals surface area contributed by atoms with Crippen LogP contribution in [0.5, 0.6) is 0 Å². The summed E-state index contributed by atoms with van der Waals surface area (Å²) < 4.78 is 0. The summed E-state index contributed by atoms with van der Waals surface area (Å²) >= 11 is 0. The number of aliphatic carboxylic acids is 1. The van der Waals surface area contributed by atoms with Crippen molar-refractivity contribution in [2.24, 2.45) is 5.92 Å². The monoisotopic (exact) mass is 287 g/mol. The van der Waals surface area contributed by atoms with Crippen molar-refractivity contribution in [1.29, 1.82) is 0 Å². The second-order valence-corrected chi connectivity index (χ2v) is 5.49. The predicted molar refractivity (Wildman–Crippen MR) is 80.6 cm³/mol. The Morgan fingerprint density at radius 1 is 1.33 bits per heavy atom. The maximum atomic E-state index is 12.5. The van der Waals surface area contributed by atoms with Gasteiger partial charge in [-0.3, -0.25) is 4.79 Å². The Balaban J connectivity index is 2.09. The molecule has 1 amide bonds. The van der Waals surface area contributed by atoms with Crippen molar-refractivity contribution in [3.8, 4) is 0 Å². The quantitative estimate of drug-likeness (QED) is 0.818. The fourth-order valence-electron chi connectivity index (χ4n) is 2.56. The minimum atomic E-state index is -0.971. The molecule has 21 heavy (non-hydrogen) atoms. The van der Waals surface area contributed by atoms with Gasteiger partial charge in [0.25, 0.3) is 0 Å². The summed E-state index contributed by atoms with van der Waals surface area (Å²) in [6, 6.07) is 8.68. The zero-order valence-electron chi connectivity index (χ0n) is 12.2. The van der Waals surface area contributed by atoms with Crippen LogP contribution in [-0.4, -0.2) is 27.9 Å². The molecular formula is C17H21NO3. The lowest BCUT2D eigenvalue weighted by atomic mass is 10.0. The lowest BCUT2D eigenvalue weighted by molar-refractivity contribution is -0.150. The van der Waals surface area contributed by atoms with Crippen LogP contribution in [0.3, 0.4) is 0 Å². The van der Waals surface area contributed by atoms with Crippen molar-refractivity contribution in [1.82, 2.24) is 4.90 Å². The van der Waals surface area contributed by atoms with Crippen LogP contribution in [0, 0.1) is 5.92 Å². The van der Waals surface area contributed by atoms with Crippen LogP contribution in [-0.2, 0) is 16.1 Å². The standard InChI is InChI=1S/C17H21NO3/c1-13(17(20)21)18(12-15-9-3-2-4-10-15)16(19)11-14-7-5-6-8-14/h2-5,7,9-10,13-14H,6,8,11-12H2,1H3,(H,20,21). The number of rotatable bonds is 6. The van der Waals surface area contributed by atoms with Crippen molar-refractivity contribution in [3.63, 3.8) is 0 Å². The lowest BCUT2D eigenvalue weighted by Crippen LogP contribution is -2.43. The minimum Gasteiger partial charge on any atom is -0.480 e. The molecule has 0 aliphatic heterocycles. The largest absolute Gasteiger partial charge is 0.480 e. The Labute approximate surface area is 125 Å². The first-order valence-electron chi connectivity index (χ1n) is 7.31. The Morgan fingerprint density at radius 2 is 2.05 bits per heavy atom. The predicted octanol–water partition coefficient (Wildman–Crippen LogP) is 2.84. The second-order valence-electron chi connectivity index (χ2n) is 5.49. The molecule has 4 heteroatoms. The molecule has 0 radical (unpaired) electrons. The molecule has 2 rings (SSSR count). The van der Waals surface area contributed by atoms with E-state index in [0.29, 0.717) is 13.0 Å². The fourth-order valence-corrected chi connectivity index (χ4v) is 2.56. The highest BCUT2D eigenvalue weighted by Crippen LogP contribution is 2.22. The number of amides is 1. The van der Waals surface area contributed by atoms with Gasteiger partial charge in [0.05, 0.1) is 0 Å². The molecule has 112 valence electrons. The molecule has 4 nitrogen and oxygen atoms in total. The van der Waals surface area contributed by atoms with Crippen molar-refractivity contribution in [3.05, 3.63) is 48.0 Å². The van der Waals surface area contributed by atoms with E-state index in [1.165, 1.54) is 4.90 Å². The maximum Gasteiger partial charge on any atom is 0.326 e. The summed E-state index contributed by atoms with van der Waals surface area (Å²) in [6.45, 7) is 1.90. The smallest absolute Gasteiger partial charge is 0.326 e. The van der Waals surface area contributed by atoms with Gasteiger partial charge in [-0.1, -0.05) is 42.5 Å². The highest BCUT2D eigenvalue weighted by molar-refractivity contribution is 5.83. The van der Waals surface area contributed by atoms with Gasteiger partial charge >= 0.3 is 5.97 Å². The number of carbonyl (C=O) groups is 2. The molecule has 0 bridgehead atoms. The Hall–Kier alpha value is -2.10. The SMILES string of the molecule is CC(C(=O)O)N(Cc1ccccc1)C(=O)CC1C=CCC1. The van der Waals surface area contributed by atoms with E-state index in [1.807, 2.05) is 30.3 Å². The zero-order valence-corrected chi connectivity index (χ0v) is 12.2. The minimum absolute atomic E-state index is 0.0923. The van der Waals surface area contributed by atoms with Crippen LogP contribution < -0.4 is 0 Å². The molecule has 0 saturated heterocycles. The molecule has 0 fully saturated rings. The van der Waals surface area contributed by atoms with Crippen molar-refractivity contribution in [2.45, 2.75) is 38.8 Å². The number of benzene rings is 1. The van der Waals surface area contributed by atoms with Gasteiger partial charge < -0.3 is 10.0 Å². The number of hydrogen-bond donors (Lipinski definition) is 1. The lowest BCUT2D eigenvalue weighted by Gasteiger charge is -2.27. The van der Waals surface area contributed by atoms with Gasteiger partial charge in [0.2, 0.25) is 5.91 Å². The van der Waals surface area contributed by atoms with E-state index in [1.54, 1.807) is 6.92 Å². The van der Waals surface area contributed by atoms with Gasteiger partial charge in [-0.05, 0) is 31.2 Å². The average Bonchev–Trinajstić information content (AvgIpc) is 2.97. The van der Waals surface area contributed by atoms with Crippen LogP contribution in [0.2, 0.25) is 0 Å². The molecule has 0 saturated carbocycles. The van der Waals surface area contributed by atoms with Crippen molar-refractivity contribution >= 4 is 11.9 Å². The molecular weight excluding hydrogens is 266 g/mol. The summed E-state index contributed by atoms with van der Waals surface area (Å²) in [7, 11) is 0. The third-order valence-corrected chi connectivity index (χ3v) is 3.89. The van der Waals surface area contributed by atoms with E-state index in [4.69, 9.17) is 0 Å². The Bertz CT molecular complexity index is 524. The number of carbonyl (C=O) groups excluding carboxylic acids is 1. The molecule has 1 aliphatic rings. The van der Waals surface area contributed by atoms with Crippen LogP contribution in [0.1, 0.15) is 31.7 Å². The number of nitrogens with zero attached hydrogens (tertiary/aromatic N) is 1. The molecule has 2 unspecified atom stereocenters. The fraction of sp³-hybridized carbons (Fsp3) is 0.412. The molecule has 1 aromatic rings. The van der Waals surface area contributed by atoms with E-state index < -0.39 is 12.0 Å². The molecule has 0 spiro atoms. The third-order valence-electron chi connectivity index (χ3n) is 3.89. The first-order valence-corrected chi connectivity index (χ1v) is 7.31. The second kappa shape index (κ2) is 7.07. The average molecular weight is 287 g/mol. The third kappa shape index (κ3) is 4.18. The van der Waals surface area contributed by atoms with Crippen LogP contribution in [0.15, 0.2) is 42.5 Å². The van der Waals surface area contributed by atoms with Crippen molar-refractivity contribution in [2.75, 3.05) is 0 Å². The highest BCUT2D eigenvalue weighted by Gasteiger charge is 2.27. The van der Waals surface area contributed by atoms with Crippen LogP contribution >= 0.6 is 0 Å². The van der Waals surface area contributed by atoms with Gasteiger partial charge in [0.15, 0.2) is 0 Å². The zero-order chi connectivity index (χ0) is 15.2. The normalized spacial score (nSPS) is 18.4. The Kier molecular flexibility index (Phi) is 5.14. The number of allylic oxidation sites excluding steroid dienone is 2. The topological polar surface area (TPSA) is 57.6 Å². The van der Waals surface area contributed by atoms with Gasteiger partial charge in [-0.15, -0.1) is 0 Å². The summed E-state index contributed by atoms with van der Waals surface area (Å²) in [4.78, 5) is 25.2. The van der Waals surface area contributed by atoms with E-state index in [-0.39, 0.29) is 11.8 Å². The summed E-state index contributed by atoms with van der Waals surface area (Å²) in [5.74, 6) is -0.816. The van der Waals surface area contributed by atoms with Gasteiger partial charge in [0.1, 0.15) is 6.04 Å². The number of hydrogen-bond acceptors (Lipinski definition) is 2. The summed E-state index contributed by atoms with van der Waals surface area (Å²) in [6.07, 6.45) is 6.52. The molecule has 0 aromatic heterocycles. The van der Waals surface area contributed by atoms with Gasteiger partial charge in [0, 0.05) is 13.0 Å². The molecule has 2 atom stereocenters. The molecule has 1 aromatic carbocycles. The van der Waals surface area contributed by atoms with E-state index in [2.05, 4.69) is 12.2 Å². The van der Waals surface area contributed by atoms with E-state index >= 15 is 0 Å². The molecule has 1 aliphatic carbocycles. The number of carboxylic acids is 1. The maximum absolute atomic E-state index is 12.5. The Morgan fingerprint density at radius 3 is 2.62 bits per heavy atom. The molecule has 1 N–H and O–H groups in total. The van der Waals surface area contributed by atoms with E-state index in [0.717, 1.165) is 18.4 Å². The number of carboxylic acid groups (broad SMARTS) is 1. The molecule has 0 heterocycles. The first-order chi connectivity index (χ1) is 10.1. The first kappa shape index (κ1) is 15.3. The summed E-state index contributed by atoms with van der Waals surface area (Å²) in [5, 5.41) is 9.23. The van der Waals surface area contributed by atoms with Gasteiger partial charge in [-0.25, -0.2) is 4.79 Å². The van der Waals surface area contributed by atoms with Crippen molar-refractivity contribution < 1.29 is 14.7 Å². The van der Waals surface area contributed by atoms with Gasteiger partial charge in [-0.2, -0.15) is 0 Å².